The molecule has 0 spiro atoms. The summed E-state index contributed by atoms with van der Waals surface area (Å²) in [6.07, 6.45) is 4.11. The van der Waals surface area contributed by atoms with Gasteiger partial charge in [0.05, 0.1) is 25.5 Å². The predicted octanol–water partition coefficient (Wildman–Crippen LogP) is 5.38. The predicted molar refractivity (Wildman–Crippen MR) is 143 cm³/mol. The molecule has 0 saturated heterocycles. The molecule has 2 amide bonds. The third-order valence-electron chi connectivity index (χ3n) is 5.12. The second-order valence-electron chi connectivity index (χ2n) is 8.82. The van der Waals surface area contributed by atoms with Crippen LogP contribution in [0, 0.1) is 0 Å². The van der Waals surface area contributed by atoms with Gasteiger partial charge in [0.25, 0.3) is 0 Å². The number of benzene rings is 2. The van der Waals surface area contributed by atoms with Crippen LogP contribution in [0.1, 0.15) is 31.9 Å². The molecule has 0 aliphatic carbocycles. The van der Waals surface area contributed by atoms with Gasteiger partial charge in [-0.3, -0.25) is 14.4 Å². The Bertz CT molecular complexity index is 1270. The van der Waals surface area contributed by atoms with Crippen molar-refractivity contribution in [2.75, 3.05) is 30.5 Å². The van der Waals surface area contributed by atoms with E-state index in [1.54, 1.807) is 24.3 Å². The van der Waals surface area contributed by atoms with Crippen LogP contribution < -0.4 is 19.9 Å². The molecule has 0 unspecified atom stereocenters. The van der Waals surface area contributed by atoms with E-state index >= 15 is 0 Å². The van der Waals surface area contributed by atoms with Gasteiger partial charge in [0.15, 0.2) is 0 Å². The number of carbonyl (C=O) groups excluding carboxylic acids is 2. The monoisotopic (exact) mass is 511 g/mol. The normalized spacial score (nSPS) is 11.5. The van der Waals surface area contributed by atoms with E-state index in [9.17, 15) is 9.59 Å². The van der Waals surface area contributed by atoms with Gasteiger partial charge in [0.1, 0.15) is 0 Å². The standard InChI is InChI=1S/C27H30ClN3O5/c1-27(2,3)36-31(17-32)23-16-22(20(14-15-28)19-8-6-7-9-21(19)23)29-24(33)12-10-18-11-13-25(34-4)30-26(18)35-5/h6-13,16-17H,14-15H2,1-5H3,(H,29,33)/b12-10+. The number of hydroxylamine groups is 1. The number of ether oxygens (including phenoxy) is 2. The molecule has 0 atom stereocenters. The number of anilines is 2. The van der Waals surface area contributed by atoms with Crippen LogP contribution in [0.2, 0.25) is 0 Å². The number of nitrogens with one attached hydrogen (secondary N) is 1. The first-order valence-electron chi connectivity index (χ1n) is 11.3. The number of fused-ring (bicyclic) bond motifs is 1. The zero-order valence-corrected chi connectivity index (χ0v) is 21.8. The molecule has 36 heavy (non-hydrogen) atoms. The lowest BCUT2D eigenvalue weighted by molar-refractivity contribution is -0.120. The Morgan fingerprint density at radius 3 is 2.44 bits per heavy atom. The minimum Gasteiger partial charge on any atom is -0.481 e. The van der Waals surface area contributed by atoms with E-state index in [2.05, 4.69) is 10.3 Å². The summed E-state index contributed by atoms with van der Waals surface area (Å²) < 4.78 is 10.4. The molecule has 2 aromatic carbocycles. The maximum Gasteiger partial charge on any atom is 0.248 e. The summed E-state index contributed by atoms with van der Waals surface area (Å²) in [4.78, 5) is 35.0. The van der Waals surface area contributed by atoms with E-state index in [0.717, 1.165) is 16.3 Å². The first-order valence-corrected chi connectivity index (χ1v) is 11.9. The van der Waals surface area contributed by atoms with Gasteiger partial charge >= 0.3 is 0 Å². The minimum absolute atomic E-state index is 0.329. The number of alkyl halides is 1. The van der Waals surface area contributed by atoms with Crippen molar-refractivity contribution in [3.8, 4) is 11.8 Å². The van der Waals surface area contributed by atoms with E-state index in [1.165, 1.54) is 25.4 Å². The van der Waals surface area contributed by atoms with Crippen molar-refractivity contribution in [3.05, 3.63) is 59.7 Å². The first kappa shape index (κ1) is 27.0. The smallest absolute Gasteiger partial charge is 0.248 e. The number of pyridine rings is 1. The van der Waals surface area contributed by atoms with Crippen molar-refractivity contribution in [2.24, 2.45) is 0 Å². The van der Waals surface area contributed by atoms with E-state index in [0.29, 0.717) is 47.4 Å². The van der Waals surface area contributed by atoms with Gasteiger partial charge in [0.2, 0.25) is 24.1 Å². The molecule has 3 rings (SSSR count). The number of nitrogens with zero attached hydrogens (tertiary/aromatic N) is 2. The van der Waals surface area contributed by atoms with Crippen LogP contribution in [0.25, 0.3) is 16.8 Å². The molecule has 0 saturated carbocycles. The van der Waals surface area contributed by atoms with Crippen molar-refractivity contribution in [2.45, 2.75) is 32.8 Å². The topological polar surface area (TPSA) is 90.0 Å². The van der Waals surface area contributed by atoms with E-state index < -0.39 is 5.60 Å². The molecule has 1 heterocycles. The molecule has 0 bridgehead atoms. The SMILES string of the molecule is COc1ccc(/C=C/C(=O)Nc2cc(N(C=O)OC(C)(C)C)c3ccccc3c2CCCl)c(OC)n1. The largest absolute Gasteiger partial charge is 0.481 e. The van der Waals surface area contributed by atoms with Crippen LogP contribution in [0.15, 0.2) is 48.5 Å². The molecule has 0 aliphatic heterocycles. The van der Waals surface area contributed by atoms with Gasteiger partial charge in [-0.25, -0.2) is 0 Å². The quantitative estimate of drug-likeness (QED) is 0.170. The highest BCUT2D eigenvalue weighted by Crippen LogP contribution is 2.36. The van der Waals surface area contributed by atoms with E-state index in [1.807, 2.05) is 45.0 Å². The molecule has 0 radical (unpaired) electrons. The number of carbonyl (C=O) groups is 2. The van der Waals surface area contributed by atoms with Crippen LogP contribution in [-0.2, 0) is 20.8 Å². The van der Waals surface area contributed by atoms with Crippen molar-refractivity contribution in [1.29, 1.82) is 0 Å². The van der Waals surface area contributed by atoms with Gasteiger partial charge in [0, 0.05) is 34.7 Å². The Balaban J connectivity index is 2.02. The summed E-state index contributed by atoms with van der Waals surface area (Å²) in [6.45, 7) is 5.55. The minimum atomic E-state index is -0.617. The maximum absolute atomic E-state index is 12.9. The highest BCUT2D eigenvalue weighted by Gasteiger charge is 2.22. The fourth-order valence-electron chi connectivity index (χ4n) is 3.67. The number of aryl methyl sites for hydroxylation is 1. The second kappa shape index (κ2) is 11.9. The highest BCUT2D eigenvalue weighted by atomic mass is 35.5. The second-order valence-corrected chi connectivity index (χ2v) is 9.19. The molecule has 1 N–H and O–H groups in total. The van der Waals surface area contributed by atoms with E-state index in [-0.39, 0.29) is 5.91 Å². The van der Waals surface area contributed by atoms with E-state index in [4.69, 9.17) is 25.9 Å². The Morgan fingerprint density at radius 2 is 1.83 bits per heavy atom. The lowest BCUT2D eigenvalue weighted by Gasteiger charge is -2.28. The average molecular weight is 512 g/mol. The fraction of sp³-hybridized carbons (Fsp3) is 0.296. The summed E-state index contributed by atoms with van der Waals surface area (Å²) in [5, 5.41) is 5.78. The molecular weight excluding hydrogens is 482 g/mol. The first-order chi connectivity index (χ1) is 17.2. The summed E-state index contributed by atoms with van der Waals surface area (Å²) in [7, 11) is 3.01. The summed E-state index contributed by atoms with van der Waals surface area (Å²) in [6, 6.07) is 12.8. The molecule has 0 aliphatic rings. The van der Waals surface area contributed by atoms with Crippen LogP contribution in [0.5, 0.6) is 11.8 Å². The van der Waals surface area contributed by atoms with Crippen LogP contribution >= 0.6 is 11.6 Å². The number of hydrogen-bond donors (Lipinski definition) is 1. The highest BCUT2D eigenvalue weighted by molar-refractivity contribution is 6.18. The van der Waals surface area contributed by atoms with Crippen LogP contribution in [-0.4, -0.2) is 43.0 Å². The Morgan fingerprint density at radius 1 is 1.11 bits per heavy atom. The molecule has 8 nitrogen and oxygen atoms in total. The number of hydrogen-bond acceptors (Lipinski definition) is 6. The summed E-state index contributed by atoms with van der Waals surface area (Å²) in [5.41, 5.74) is 1.89. The number of aromatic nitrogens is 1. The lowest BCUT2D eigenvalue weighted by atomic mass is 9.98. The van der Waals surface area contributed by atoms with Crippen LogP contribution in [0.4, 0.5) is 11.4 Å². The zero-order chi connectivity index (χ0) is 26.3. The summed E-state index contributed by atoms with van der Waals surface area (Å²) >= 11 is 6.11. The third kappa shape index (κ3) is 6.53. The van der Waals surface area contributed by atoms with Crippen molar-refractivity contribution in [3.63, 3.8) is 0 Å². The van der Waals surface area contributed by atoms with Crippen LogP contribution in [0.3, 0.4) is 0 Å². The lowest BCUT2D eigenvalue weighted by Crippen LogP contribution is -2.33. The molecule has 0 fully saturated rings. The maximum atomic E-state index is 12.9. The van der Waals surface area contributed by atoms with Crippen molar-refractivity contribution < 1.29 is 23.9 Å². The summed E-state index contributed by atoms with van der Waals surface area (Å²) in [5.74, 6) is 0.710. The number of methoxy groups -OCH3 is 2. The third-order valence-corrected chi connectivity index (χ3v) is 5.31. The number of halogens is 1. The van der Waals surface area contributed by atoms with Gasteiger partial charge in [-0.15, -0.1) is 11.6 Å². The number of rotatable bonds is 10. The average Bonchev–Trinajstić information content (AvgIpc) is 2.86. The number of amides is 2. The Labute approximate surface area is 215 Å². The molecule has 1 aromatic heterocycles. The van der Waals surface area contributed by atoms with Gasteiger partial charge in [-0.1, -0.05) is 24.3 Å². The van der Waals surface area contributed by atoms with Gasteiger partial charge in [-0.05, 0) is 56.4 Å². The Hall–Kier alpha value is -3.62. The Kier molecular flexibility index (Phi) is 8.90. The molecule has 190 valence electrons. The van der Waals surface area contributed by atoms with Gasteiger partial charge in [-0.2, -0.15) is 10.0 Å². The fourth-order valence-corrected chi connectivity index (χ4v) is 3.86. The molecule has 9 heteroatoms. The van der Waals surface area contributed by atoms with Crippen molar-refractivity contribution >= 4 is 52.1 Å². The zero-order valence-electron chi connectivity index (χ0n) is 21.0. The molecular formula is C27H30ClN3O5. The van der Waals surface area contributed by atoms with Gasteiger partial charge < -0.3 is 14.8 Å². The van der Waals surface area contributed by atoms with Crippen molar-refractivity contribution in [1.82, 2.24) is 4.98 Å². The molecule has 3 aromatic rings.